The normalized spacial score (nSPS) is 13.7. The van der Waals surface area contributed by atoms with Crippen molar-refractivity contribution in [1.29, 1.82) is 0 Å². The molecule has 0 aliphatic carbocycles. The third-order valence-corrected chi connectivity index (χ3v) is 3.53. The zero-order valence-electron chi connectivity index (χ0n) is 11.2. The van der Waals surface area contributed by atoms with E-state index in [2.05, 4.69) is 53.1 Å². The number of rotatable bonds is 6. The van der Waals surface area contributed by atoms with E-state index in [1.54, 1.807) is 7.11 Å². The fourth-order valence-corrected chi connectivity index (χ4v) is 2.41. The minimum atomic E-state index is 0.130. The van der Waals surface area contributed by atoms with Crippen molar-refractivity contribution in [1.82, 2.24) is 5.32 Å². The first kappa shape index (κ1) is 15.1. The number of halogens is 1. The van der Waals surface area contributed by atoms with E-state index in [-0.39, 0.29) is 12.1 Å². The molecule has 2 unspecified atom stereocenters. The molecule has 1 aromatic rings. The summed E-state index contributed by atoms with van der Waals surface area (Å²) in [6, 6.07) is 6.43. The molecule has 0 radical (unpaired) electrons. The van der Waals surface area contributed by atoms with Gasteiger partial charge in [-0.05, 0) is 47.0 Å². The number of methoxy groups -OCH3 is 1. The van der Waals surface area contributed by atoms with Crippen LogP contribution in [-0.2, 0) is 0 Å². The topological polar surface area (TPSA) is 21.3 Å². The van der Waals surface area contributed by atoms with Gasteiger partial charge in [-0.25, -0.2) is 0 Å². The van der Waals surface area contributed by atoms with Crippen LogP contribution < -0.4 is 10.1 Å². The molecule has 0 aliphatic rings. The molecule has 0 aliphatic heterocycles. The maximum Gasteiger partial charge on any atom is 0.133 e. The van der Waals surface area contributed by atoms with Crippen LogP contribution in [0.5, 0.6) is 5.75 Å². The molecule has 0 spiro atoms. The first-order chi connectivity index (χ1) is 8.62. The van der Waals surface area contributed by atoms with Crippen molar-refractivity contribution >= 4 is 15.9 Å². The summed E-state index contributed by atoms with van der Waals surface area (Å²) in [4.78, 5) is 0. The Morgan fingerprint density at radius 2 is 2.22 bits per heavy atom. The summed E-state index contributed by atoms with van der Waals surface area (Å²) in [5.74, 6) is 3.63. The summed E-state index contributed by atoms with van der Waals surface area (Å²) in [6.07, 6.45) is 7.60. The summed E-state index contributed by atoms with van der Waals surface area (Å²) in [6.45, 7) is 4.26. The van der Waals surface area contributed by atoms with Crippen molar-refractivity contribution in [2.45, 2.75) is 38.8 Å². The predicted octanol–water partition coefficient (Wildman–Crippen LogP) is 3.91. The molecule has 0 aromatic heterocycles. The van der Waals surface area contributed by atoms with E-state index in [1.165, 1.54) is 5.56 Å². The van der Waals surface area contributed by atoms with Crippen molar-refractivity contribution < 1.29 is 4.74 Å². The average molecular weight is 310 g/mol. The SMILES string of the molecule is C#CC(CCC)NC(C)c1ccc(OC)c(Br)c1. The van der Waals surface area contributed by atoms with Crippen LogP contribution >= 0.6 is 15.9 Å². The van der Waals surface area contributed by atoms with Crippen LogP contribution in [0.4, 0.5) is 0 Å². The van der Waals surface area contributed by atoms with Gasteiger partial charge in [0.25, 0.3) is 0 Å². The Balaban J connectivity index is 2.75. The Bertz CT molecular complexity index is 425. The van der Waals surface area contributed by atoms with E-state index in [9.17, 15) is 0 Å². The van der Waals surface area contributed by atoms with Gasteiger partial charge in [0.2, 0.25) is 0 Å². The molecule has 0 saturated carbocycles. The molecule has 3 heteroatoms. The van der Waals surface area contributed by atoms with Gasteiger partial charge in [0.1, 0.15) is 5.75 Å². The summed E-state index contributed by atoms with van der Waals surface area (Å²) < 4.78 is 6.18. The van der Waals surface area contributed by atoms with Gasteiger partial charge < -0.3 is 4.74 Å². The number of hydrogen-bond donors (Lipinski definition) is 1. The van der Waals surface area contributed by atoms with Gasteiger partial charge in [-0.2, -0.15) is 0 Å². The van der Waals surface area contributed by atoms with Crippen molar-refractivity contribution in [3.8, 4) is 18.1 Å². The lowest BCUT2D eigenvalue weighted by atomic mass is 10.1. The van der Waals surface area contributed by atoms with Crippen LogP contribution in [0.2, 0.25) is 0 Å². The molecule has 98 valence electrons. The van der Waals surface area contributed by atoms with E-state index in [4.69, 9.17) is 11.2 Å². The van der Waals surface area contributed by atoms with Crippen LogP contribution in [0, 0.1) is 12.3 Å². The fraction of sp³-hybridized carbons (Fsp3) is 0.467. The summed E-state index contributed by atoms with van der Waals surface area (Å²) >= 11 is 3.50. The predicted molar refractivity (Wildman–Crippen MR) is 79.8 cm³/mol. The van der Waals surface area contributed by atoms with Crippen LogP contribution in [0.1, 0.15) is 38.3 Å². The molecule has 0 heterocycles. The number of ether oxygens (including phenoxy) is 1. The highest BCUT2D eigenvalue weighted by Crippen LogP contribution is 2.28. The van der Waals surface area contributed by atoms with Crippen LogP contribution in [0.3, 0.4) is 0 Å². The first-order valence-corrected chi connectivity index (χ1v) is 6.97. The van der Waals surface area contributed by atoms with E-state index >= 15 is 0 Å². The van der Waals surface area contributed by atoms with E-state index in [1.807, 2.05) is 6.07 Å². The Morgan fingerprint density at radius 1 is 1.50 bits per heavy atom. The second-order valence-corrected chi connectivity index (χ2v) is 5.14. The number of terminal acetylenes is 1. The Labute approximate surface area is 118 Å². The molecule has 18 heavy (non-hydrogen) atoms. The number of nitrogens with one attached hydrogen (secondary N) is 1. The summed E-state index contributed by atoms with van der Waals surface area (Å²) in [5, 5.41) is 3.45. The van der Waals surface area contributed by atoms with Crippen LogP contribution in [-0.4, -0.2) is 13.2 Å². The highest BCUT2D eigenvalue weighted by molar-refractivity contribution is 9.10. The molecule has 0 fully saturated rings. The van der Waals surface area contributed by atoms with Crippen molar-refractivity contribution in [3.63, 3.8) is 0 Å². The molecular weight excluding hydrogens is 290 g/mol. The lowest BCUT2D eigenvalue weighted by Gasteiger charge is -2.20. The lowest BCUT2D eigenvalue weighted by Crippen LogP contribution is -2.30. The van der Waals surface area contributed by atoms with Gasteiger partial charge in [-0.15, -0.1) is 6.42 Å². The minimum Gasteiger partial charge on any atom is -0.496 e. The minimum absolute atomic E-state index is 0.130. The van der Waals surface area contributed by atoms with Crippen LogP contribution in [0.15, 0.2) is 22.7 Å². The lowest BCUT2D eigenvalue weighted by molar-refractivity contribution is 0.411. The molecule has 1 aromatic carbocycles. The Morgan fingerprint density at radius 3 is 2.72 bits per heavy atom. The molecule has 1 rings (SSSR count). The zero-order chi connectivity index (χ0) is 13.5. The second-order valence-electron chi connectivity index (χ2n) is 4.29. The Hall–Kier alpha value is -0.980. The number of benzene rings is 1. The highest BCUT2D eigenvalue weighted by Gasteiger charge is 2.12. The summed E-state index contributed by atoms with van der Waals surface area (Å²) in [7, 11) is 1.66. The zero-order valence-corrected chi connectivity index (χ0v) is 12.8. The second kappa shape index (κ2) is 7.45. The van der Waals surface area contributed by atoms with E-state index in [0.29, 0.717) is 0 Å². The third-order valence-electron chi connectivity index (χ3n) is 2.91. The van der Waals surface area contributed by atoms with Gasteiger partial charge in [0, 0.05) is 6.04 Å². The van der Waals surface area contributed by atoms with Gasteiger partial charge >= 0.3 is 0 Å². The summed E-state index contributed by atoms with van der Waals surface area (Å²) in [5.41, 5.74) is 1.19. The van der Waals surface area contributed by atoms with Crippen molar-refractivity contribution in [3.05, 3.63) is 28.2 Å². The van der Waals surface area contributed by atoms with E-state index < -0.39 is 0 Å². The quantitative estimate of drug-likeness (QED) is 0.804. The average Bonchev–Trinajstić information content (AvgIpc) is 2.37. The van der Waals surface area contributed by atoms with Gasteiger partial charge in [0.05, 0.1) is 17.6 Å². The third kappa shape index (κ3) is 4.04. The smallest absolute Gasteiger partial charge is 0.133 e. The Kier molecular flexibility index (Phi) is 6.24. The largest absolute Gasteiger partial charge is 0.496 e. The molecule has 0 saturated heterocycles. The maximum atomic E-state index is 5.52. The molecule has 2 nitrogen and oxygen atoms in total. The molecular formula is C15H20BrNO. The van der Waals surface area contributed by atoms with Gasteiger partial charge in [-0.3, -0.25) is 5.32 Å². The molecule has 1 N–H and O–H groups in total. The van der Waals surface area contributed by atoms with Crippen molar-refractivity contribution in [2.75, 3.05) is 7.11 Å². The first-order valence-electron chi connectivity index (χ1n) is 6.18. The highest BCUT2D eigenvalue weighted by atomic mass is 79.9. The maximum absolute atomic E-state index is 5.52. The van der Waals surface area contributed by atoms with Gasteiger partial charge in [-0.1, -0.05) is 25.3 Å². The van der Waals surface area contributed by atoms with Crippen LogP contribution in [0.25, 0.3) is 0 Å². The van der Waals surface area contributed by atoms with E-state index in [0.717, 1.165) is 23.1 Å². The monoisotopic (exact) mass is 309 g/mol. The fourth-order valence-electron chi connectivity index (χ4n) is 1.85. The van der Waals surface area contributed by atoms with Gasteiger partial charge in [0.15, 0.2) is 0 Å². The van der Waals surface area contributed by atoms with Crippen molar-refractivity contribution in [2.24, 2.45) is 0 Å². The standard InChI is InChI=1S/C15H20BrNO/c1-5-7-13(6-2)17-11(3)12-8-9-15(18-4)14(16)10-12/h2,8-11,13,17H,5,7H2,1,3-4H3. The molecule has 2 atom stereocenters. The molecule has 0 amide bonds. The number of hydrogen-bond acceptors (Lipinski definition) is 2. The molecule has 0 bridgehead atoms.